The molecule has 0 radical (unpaired) electrons. The smallest absolute Gasteiger partial charge is 0.244 e. The Labute approximate surface area is 180 Å². The zero-order valence-electron chi connectivity index (χ0n) is 16.8. The van der Waals surface area contributed by atoms with Crippen LogP contribution in [0, 0.1) is 5.82 Å². The average molecular weight is 456 g/mol. The summed E-state index contributed by atoms with van der Waals surface area (Å²) in [6.45, 7) is 0.965. The van der Waals surface area contributed by atoms with Crippen LogP contribution in [0.15, 0.2) is 29.2 Å². The van der Waals surface area contributed by atoms with Crippen LogP contribution in [-0.4, -0.2) is 47.1 Å². The first kappa shape index (κ1) is 22.7. The lowest BCUT2D eigenvalue weighted by atomic mass is 10.2. The number of fused-ring (bicyclic) bond motifs is 1. The number of carbonyl (C=O) groups excluding carboxylic acids is 1. The monoisotopic (exact) mass is 455 g/mol. The predicted molar refractivity (Wildman–Crippen MR) is 113 cm³/mol. The lowest BCUT2D eigenvalue weighted by molar-refractivity contribution is -0.123. The summed E-state index contributed by atoms with van der Waals surface area (Å²) in [6, 6.07) is 4.07. The second kappa shape index (κ2) is 10.4. The van der Waals surface area contributed by atoms with Gasteiger partial charge >= 0.3 is 0 Å². The van der Waals surface area contributed by atoms with Gasteiger partial charge in [-0.15, -0.1) is 10.2 Å². The van der Waals surface area contributed by atoms with Gasteiger partial charge in [-0.2, -0.15) is 16.5 Å². The number of sulfonamides is 1. The van der Waals surface area contributed by atoms with Crippen molar-refractivity contribution in [1.82, 2.24) is 24.8 Å². The lowest BCUT2D eigenvalue weighted by Crippen LogP contribution is -2.47. The lowest BCUT2D eigenvalue weighted by Gasteiger charge is -2.18. The van der Waals surface area contributed by atoms with Gasteiger partial charge in [-0.3, -0.25) is 4.79 Å². The van der Waals surface area contributed by atoms with Crippen LogP contribution < -0.4 is 10.0 Å². The van der Waals surface area contributed by atoms with E-state index in [4.69, 9.17) is 0 Å². The van der Waals surface area contributed by atoms with E-state index in [-0.39, 0.29) is 13.0 Å². The van der Waals surface area contributed by atoms with Crippen molar-refractivity contribution in [1.29, 1.82) is 0 Å². The van der Waals surface area contributed by atoms with Gasteiger partial charge in [0.25, 0.3) is 0 Å². The van der Waals surface area contributed by atoms with E-state index in [0.29, 0.717) is 11.6 Å². The number of rotatable bonds is 9. The van der Waals surface area contributed by atoms with Gasteiger partial charge < -0.3 is 9.88 Å². The molecule has 2 heterocycles. The summed E-state index contributed by atoms with van der Waals surface area (Å²) in [7, 11) is -4.19. The third-order valence-corrected chi connectivity index (χ3v) is 7.11. The number of aryl methyl sites for hydroxylation is 1. The van der Waals surface area contributed by atoms with Gasteiger partial charge in [0.2, 0.25) is 15.9 Å². The highest BCUT2D eigenvalue weighted by molar-refractivity contribution is 7.98. The Morgan fingerprint density at radius 3 is 2.83 bits per heavy atom. The number of hydrogen-bond acceptors (Lipinski definition) is 6. The van der Waals surface area contributed by atoms with Crippen LogP contribution in [0.1, 0.15) is 37.3 Å². The average Bonchev–Trinajstić information content (AvgIpc) is 2.95. The molecule has 3 rings (SSSR count). The van der Waals surface area contributed by atoms with Gasteiger partial charge in [0, 0.05) is 13.0 Å². The van der Waals surface area contributed by atoms with Gasteiger partial charge in [-0.05, 0) is 43.4 Å². The van der Waals surface area contributed by atoms with Crippen LogP contribution >= 0.6 is 11.8 Å². The molecule has 0 fully saturated rings. The number of thioether (sulfide) groups is 1. The molecule has 164 valence electrons. The third-order valence-electron chi connectivity index (χ3n) is 4.96. The summed E-state index contributed by atoms with van der Waals surface area (Å²) < 4.78 is 43.6. The minimum Gasteiger partial charge on any atom is -0.347 e. The number of benzene rings is 1. The number of nitrogens with one attached hydrogen (secondary N) is 2. The molecule has 0 spiro atoms. The van der Waals surface area contributed by atoms with E-state index in [1.807, 2.05) is 10.8 Å². The number of amides is 1. The molecule has 1 atom stereocenters. The molecule has 0 saturated heterocycles. The molecule has 1 aliphatic heterocycles. The molecule has 0 bridgehead atoms. The van der Waals surface area contributed by atoms with Crippen LogP contribution in [0.4, 0.5) is 4.39 Å². The summed E-state index contributed by atoms with van der Waals surface area (Å²) >= 11 is 1.49. The van der Waals surface area contributed by atoms with E-state index >= 15 is 0 Å². The summed E-state index contributed by atoms with van der Waals surface area (Å²) in [4.78, 5) is 12.3. The van der Waals surface area contributed by atoms with E-state index in [1.165, 1.54) is 30.0 Å². The zero-order chi connectivity index (χ0) is 21.6. The van der Waals surface area contributed by atoms with Crippen molar-refractivity contribution < 1.29 is 17.6 Å². The Bertz CT molecular complexity index is 980. The largest absolute Gasteiger partial charge is 0.347 e. The van der Waals surface area contributed by atoms with Crippen LogP contribution in [0.5, 0.6) is 0 Å². The normalized spacial score (nSPS) is 15.3. The Balaban J connectivity index is 1.70. The molecule has 1 aliphatic rings. The Morgan fingerprint density at radius 2 is 2.07 bits per heavy atom. The molecule has 2 N–H and O–H groups in total. The maximum Gasteiger partial charge on any atom is 0.244 e. The molecule has 0 saturated carbocycles. The first-order valence-electron chi connectivity index (χ1n) is 9.87. The molecule has 30 heavy (non-hydrogen) atoms. The first-order chi connectivity index (χ1) is 14.4. The molecule has 2 aromatic rings. The minimum atomic E-state index is -4.19. The Morgan fingerprint density at radius 1 is 1.27 bits per heavy atom. The van der Waals surface area contributed by atoms with Gasteiger partial charge in [0.05, 0.1) is 6.54 Å². The van der Waals surface area contributed by atoms with Gasteiger partial charge in [-0.1, -0.05) is 18.6 Å². The van der Waals surface area contributed by atoms with Crippen LogP contribution in [0.2, 0.25) is 0 Å². The maximum atomic E-state index is 14.0. The number of hydrogen-bond donors (Lipinski definition) is 2. The van der Waals surface area contributed by atoms with Crippen molar-refractivity contribution in [2.24, 2.45) is 0 Å². The van der Waals surface area contributed by atoms with E-state index in [1.54, 1.807) is 0 Å². The molecule has 11 heteroatoms. The standard InChI is InChI=1S/C19H26FN5O3S2/c1-29-12-10-15(24-30(27,28)16-8-5-4-7-14(16)20)19(26)21-13-18-23-22-17-9-3-2-6-11-25(17)18/h4-5,7-8,15,24H,2-3,6,9-13H2,1H3,(H,21,26). The topological polar surface area (TPSA) is 106 Å². The zero-order valence-corrected chi connectivity index (χ0v) is 18.4. The predicted octanol–water partition coefficient (Wildman–Crippen LogP) is 1.86. The fourth-order valence-corrected chi connectivity index (χ4v) is 5.14. The minimum absolute atomic E-state index is 0.156. The van der Waals surface area contributed by atoms with E-state index in [0.717, 1.165) is 44.1 Å². The van der Waals surface area contributed by atoms with Gasteiger partial charge in [0.1, 0.15) is 22.6 Å². The molecular formula is C19H26FN5O3S2. The fourth-order valence-electron chi connectivity index (χ4n) is 3.36. The number of aromatic nitrogens is 3. The van der Waals surface area contributed by atoms with E-state index in [2.05, 4.69) is 20.2 Å². The second-order valence-electron chi connectivity index (χ2n) is 7.10. The number of nitrogens with zero attached hydrogens (tertiary/aromatic N) is 3. The Hall–Kier alpha value is -1.98. The summed E-state index contributed by atoms with van der Waals surface area (Å²) in [5.74, 6) is 0.796. The van der Waals surface area contributed by atoms with Crippen LogP contribution in [0.3, 0.4) is 0 Å². The SMILES string of the molecule is CSCCC(NS(=O)(=O)c1ccccc1F)C(=O)NCc1nnc2n1CCCCC2. The van der Waals surface area contributed by atoms with Crippen LogP contribution in [-0.2, 0) is 34.3 Å². The summed E-state index contributed by atoms with van der Waals surface area (Å²) in [6.07, 6.45) is 6.23. The molecule has 1 aromatic carbocycles. The molecule has 1 aromatic heterocycles. The molecular weight excluding hydrogens is 429 g/mol. The molecule has 1 unspecified atom stereocenters. The third kappa shape index (κ3) is 5.58. The van der Waals surface area contributed by atoms with Crippen LogP contribution in [0.25, 0.3) is 0 Å². The Kier molecular flexibility index (Phi) is 7.84. The van der Waals surface area contributed by atoms with Gasteiger partial charge in [-0.25, -0.2) is 12.8 Å². The molecule has 1 amide bonds. The van der Waals surface area contributed by atoms with E-state index < -0.39 is 32.7 Å². The number of halogens is 1. The molecule has 0 aliphatic carbocycles. The summed E-state index contributed by atoms with van der Waals surface area (Å²) in [5, 5.41) is 11.1. The van der Waals surface area contributed by atoms with Crippen molar-refractivity contribution in [3.63, 3.8) is 0 Å². The fraction of sp³-hybridized carbons (Fsp3) is 0.526. The van der Waals surface area contributed by atoms with Gasteiger partial charge in [0.15, 0.2) is 5.82 Å². The van der Waals surface area contributed by atoms with Crippen molar-refractivity contribution >= 4 is 27.7 Å². The van der Waals surface area contributed by atoms with Crippen molar-refractivity contribution in [3.05, 3.63) is 41.7 Å². The second-order valence-corrected chi connectivity index (χ2v) is 9.77. The highest BCUT2D eigenvalue weighted by atomic mass is 32.2. The molecule has 8 nitrogen and oxygen atoms in total. The maximum absolute atomic E-state index is 14.0. The van der Waals surface area contributed by atoms with E-state index in [9.17, 15) is 17.6 Å². The summed E-state index contributed by atoms with van der Waals surface area (Å²) in [5.41, 5.74) is 0. The highest BCUT2D eigenvalue weighted by Gasteiger charge is 2.27. The van der Waals surface area contributed by atoms with Crippen molar-refractivity contribution in [2.75, 3.05) is 12.0 Å². The highest BCUT2D eigenvalue weighted by Crippen LogP contribution is 2.16. The first-order valence-corrected chi connectivity index (χ1v) is 12.7. The van der Waals surface area contributed by atoms with Crippen molar-refractivity contribution in [2.45, 2.75) is 56.1 Å². The number of carbonyl (C=O) groups is 1. The quantitative estimate of drug-likeness (QED) is 0.598. The van der Waals surface area contributed by atoms with Crippen molar-refractivity contribution in [3.8, 4) is 0 Å².